The number of hydrogen-bond acceptors (Lipinski definition) is 4. The molecule has 1 heterocycles. The van der Waals surface area contributed by atoms with Crippen LogP contribution in [-0.4, -0.2) is 16.1 Å². The van der Waals surface area contributed by atoms with E-state index in [0.29, 0.717) is 28.1 Å². The highest BCUT2D eigenvalue weighted by Crippen LogP contribution is 2.32. The standard InChI is InChI=1S/C18H14ClNO3S/c19-15-8-13(23-10-12-4-2-1-3-5-12)6-7-14(15)16-11-24-17(20-16)9-18(21)22/h1-8,11H,9-10H2,(H,21,22). The molecule has 0 amide bonds. The van der Waals surface area contributed by atoms with Crippen molar-refractivity contribution in [3.8, 4) is 17.0 Å². The number of hydrogen-bond donors (Lipinski definition) is 1. The van der Waals surface area contributed by atoms with Crippen LogP contribution in [0.2, 0.25) is 5.02 Å². The van der Waals surface area contributed by atoms with Crippen LogP contribution in [0.4, 0.5) is 0 Å². The molecule has 0 aliphatic heterocycles. The zero-order chi connectivity index (χ0) is 16.9. The van der Waals surface area contributed by atoms with Gasteiger partial charge in [0.15, 0.2) is 0 Å². The Bertz CT molecular complexity index is 848. The Labute approximate surface area is 148 Å². The highest BCUT2D eigenvalue weighted by Gasteiger charge is 2.11. The number of carboxylic acids is 1. The van der Waals surface area contributed by atoms with Crippen molar-refractivity contribution >= 4 is 28.9 Å². The second kappa shape index (κ2) is 7.47. The Morgan fingerprint density at radius 3 is 2.71 bits per heavy atom. The number of carboxylic acid groups (broad SMARTS) is 1. The number of aromatic nitrogens is 1. The van der Waals surface area contributed by atoms with Crippen LogP contribution in [0.1, 0.15) is 10.6 Å². The lowest BCUT2D eigenvalue weighted by Gasteiger charge is -2.08. The first-order chi connectivity index (χ1) is 11.6. The molecular weight excluding hydrogens is 346 g/mol. The fourth-order valence-electron chi connectivity index (χ4n) is 2.18. The van der Waals surface area contributed by atoms with Gasteiger partial charge in [0.25, 0.3) is 0 Å². The summed E-state index contributed by atoms with van der Waals surface area (Å²) in [4.78, 5) is 15.1. The predicted octanol–water partition coefficient (Wildman–Crippen LogP) is 4.67. The summed E-state index contributed by atoms with van der Waals surface area (Å²) in [6.07, 6.45) is -0.0828. The molecule has 1 N–H and O–H groups in total. The van der Waals surface area contributed by atoms with Gasteiger partial charge in [0, 0.05) is 10.9 Å². The normalized spacial score (nSPS) is 10.5. The van der Waals surface area contributed by atoms with Crippen LogP contribution in [0, 0.1) is 0 Å². The molecule has 3 aromatic rings. The van der Waals surface area contributed by atoms with Crippen molar-refractivity contribution in [2.75, 3.05) is 0 Å². The summed E-state index contributed by atoms with van der Waals surface area (Å²) in [7, 11) is 0. The summed E-state index contributed by atoms with van der Waals surface area (Å²) in [6.45, 7) is 0.468. The minimum absolute atomic E-state index is 0.0828. The third-order valence-electron chi connectivity index (χ3n) is 3.32. The van der Waals surface area contributed by atoms with Gasteiger partial charge in [-0.15, -0.1) is 11.3 Å². The molecule has 0 aliphatic carbocycles. The topological polar surface area (TPSA) is 59.4 Å². The third kappa shape index (κ3) is 4.13. The Hall–Kier alpha value is -2.37. The van der Waals surface area contributed by atoms with E-state index >= 15 is 0 Å². The minimum Gasteiger partial charge on any atom is -0.489 e. The van der Waals surface area contributed by atoms with Gasteiger partial charge in [0.1, 0.15) is 17.4 Å². The second-order valence-corrected chi connectivity index (χ2v) is 6.46. The first kappa shape index (κ1) is 16.5. The summed E-state index contributed by atoms with van der Waals surface area (Å²) in [5.74, 6) is -0.222. The molecule has 24 heavy (non-hydrogen) atoms. The van der Waals surface area contributed by atoms with E-state index in [1.54, 1.807) is 6.07 Å². The maximum Gasteiger partial charge on any atom is 0.310 e. The summed E-state index contributed by atoms with van der Waals surface area (Å²) in [5.41, 5.74) is 2.52. The highest BCUT2D eigenvalue weighted by molar-refractivity contribution is 7.10. The maximum atomic E-state index is 10.7. The fourth-order valence-corrected chi connectivity index (χ4v) is 3.23. The van der Waals surface area contributed by atoms with Gasteiger partial charge in [-0.1, -0.05) is 41.9 Å². The fraction of sp³-hybridized carbons (Fsp3) is 0.111. The molecule has 1 aromatic heterocycles. The zero-order valence-corrected chi connectivity index (χ0v) is 14.2. The van der Waals surface area contributed by atoms with E-state index in [4.69, 9.17) is 21.4 Å². The van der Waals surface area contributed by atoms with Crippen LogP contribution >= 0.6 is 22.9 Å². The number of aliphatic carboxylic acids is 1. The second-order valence-electron chi connectivity index (χ2n) is 5.11. The molecule has 0 bridgehead atoms. The van der Waals surface area contributed by atoms with E-state index in [1.165, 1.54) is 11.3 Å². The molecule has 0 aliphatic rings. The van der Waals surface area contributed by atoms with E-state index < -0.39 is 5.97 Å². The van der Waals surface area contributed by atoms with Gasteiger partial charge >= 0.3 is 5.97 Å². The number of rotatable bonds is 6. The number of halogens is 1. The summed E-state index contributed by atoms with van der Waals surface area (Å²) in [5, 5.41) is 11.7. The van der Waals surface area contributed by atoms with Crippen molar-refractivity contribution in [1.29, 1.82) is 0 Å². The zero-order valence-electron chi connectivity index (χ0n) is 12.6. The highest BCUT2D eigenvalue weighted by atomic mass is 35.5. The van der Waals surface area contributed by atoms with Gasteiger partial charge in [-0.2, -0.15) is 0 Å². The lowest BCUT2D eigenvalue weighted by atomic mass is 10.1. The van der Waals surface area contributed by atoms with Gasteiger partial charge < -0.3 is 9.84 Å². The first-order valence-electron chi connectivity index (χ1n) is 7.24. The Morgan fingerprint density at radius 2 is 2.00 bits per heavy atom. The van der Waals surface area contributed by atoms with Gasteiger partial charge in [0.05, 0.1) is 17.1 Å². The Kier molecular flexibility index (Phi) is 5.13. The molecule has 0 atom stereocenters. The predicted molar refractivity (Wildman–Crippen MR) is 94.7 cm³/mol. The largest absolute Gasteiger partial charge is 0.489 e. The van der Waals surface area contributed by atoms with Crippen molar-refractivity contribution in [1.82, 2.24) is 4.98 Å². The molecule has 6 heteroatoms. The van der Waals surface area contributed by atoms with Gasteiger partial charge in [-0.3, -0.25) is 4.79 Å². The van der Waals surface area contributed by atoms with Gasteiger partial charge in [0.2, 0.25) is 0 Å². The number of benzene rings is 2. The van der Waals surface area contributed by atoms with Crippen molar-refractivity contribution in [2.45, 2.75) is 13.0 Å². The average Bonchev–Trinajstić information content (AvgIpc) is 3.01. The van der Waals surface area contributed by atoms with Crippen LogP contribution in [0.3, 0.4) is 0 Å². The van der Waals surface area contributed by atoms with E-state index in [0.717, 1.165) is 11.1 Å². The van der Waals surface area contributed by atoms with E-state index in [9.17, 15) is 4.79 Å². The summed E-state index contributed by atoms with van der Waals surface area (Å²) in [6, 6.07) is 15.3. The van der Waals surface area contributed by atoms with Crippen molar-refractivity contribution in [3.05, 3.63) is 69.5 Å². The van der Waals surface area contributed by atoms with Crippen LogP contribution in [0.5, 0.6) is 5.75 Å². The monoisotopic (exact) mass is 359 g/mol. The molecule has 0 fully saturated rings. The van der Waals surface area contributed by atoms with Crippen molar-refractivity contribution in [2.24, 2.45) is 0 Å². The number of carbonyl (C=O) groups is 1. The lowest BCUT2D eigenvalue weighted by Crippen LogP contribution is -1.99. The Balaban J connectivity index is 1.72. The lowest BCUT2D eigenvalue weighted by molar-refractivity contribution is -0.136. The van der Waals surface area contributed by atoms with Gasteiger partial charge in [-0.25, -0.2) is 4.98 Å². The molecule has 3 rings (SSSR count). The maximum absolute atomic E-state index is 10.7. The van der Waals surface area contributed by atoms with Crippen molar-refractivity contribution in [3.63, 3.8) is 0 Å². The molecule has 122 valence electrons. The number of thiazole rings is 1. The molecular formula is C18H14ClNO3S. The molecule has 0 spiro atoms. The van der Waals surface area contributed by atoms with Crippen LogP contribution in [0.25, 0.3) is 11.3 Å². The molecule has 4 nitrogen and oxygen atoms in total. The molecule has 2 aromatic carbocycles. The Morgan fingerprint density at radius 1 is 1.21 bits per heavy atom. The third-order valence-corrected chi connectivity index (χ3v) is 4.48. The SMILES string of the molecule is O=C(O)Cc1nc(-c2ccc(OCc3ccccc3)cc2Cl)cs1. The van der Waals surface area contributed by atoms with Crippen LogP contribution in [0.15, 0.2) is 53.9 Å². The van der Waals surface area contributed by atoms with Crippen molar-refractivity contribution < 1.29 is 14.6 Å². The smallest absolute Gasteiger partial charge is 0.310 e. The first-order valence-corrected chi connectivity index (χ1v) is 8.50. The van der Waals surface area contributed by atoms with Crippen LogP contribution < -0.4 is 4.74 Å². The quantitative estimate of drug-likeness (QED) is 0.694. The van der Waals surface area contributed by atoms with E-state index in [-0.39, 0.29) is 6.42 Å². The average molecular weight is 360 g/mol. The summed E-state index contributed by atoms with van der Waals surface area (Å²) < 4.78 is 5.74. The molecule has 0 radical (unpaired) electrons. The molecule has 0 unspecified atom stereocenters. The molecule has 0 saturated heterocycles. The van der Waals surface area contributed by atoms with E-state index in [1.807, 2.05) is 47.8 Å². The number of ether oxygens (including phenoxy) is 1. The molecule has 0 saturated carbocycles. The van der Waals surface area contributed by atoms with Crippen LogP contribution in [-0.2, 0) is 17.8 Å². The minimum atomic E-state index is -0.897. The van der Waals surface area contributed by atoms with E-state index in [2.05, 4.69) is 4.98 Å². The summed E-state index contributed by atoms with van der Waals surface area (Å²) >= 11 is 7.64. The van der Waals surface area contributed by atoms with Gasteiger partial charge in [-0.05, 0) is 23.8 Å². The number of nitrogens with zero attached hydrogens (tertiary/aromatic N) is 1.